The second-order valence-corrected chi connectivity index (χ2v) is 11.3. The molecule has 0 spiro atoms. The summed E-state index contributed by atoms with van der Waals surface area (Å²) in [5.41, 5.74) is 3.06. The van der Waals surface area contributed by atoms with Crippen molar-refractivity contribution in [1.82, 2.24) is 14.5 Å². The average Bonchev–Trinajstić information content (AvgIpc) is 2.82. The number of aryl methyl sites for hydroxylation is 1. The van der Waals surface area contributed by atoms with Gasteiger partial charge in [0.05, 0.1) is 4.90 Å². The number of hydrogen-bond donors (Lipinski definition) is 1. The molecule has 2 heterocycles. The zero-order chi connectivity index (χ0) is 23.4. The lowest BCUT2D eigenvalue weighted by molar-refractivity contribution is 0.0908. The number of nitrogens with one attached hydrogen (secondary N) is 1. The van der Waals surface area contributed by atoms with Crippen LogP contribution in [-0.2, 0) is 16.6 Å². The standard InChI is InChI=1S/C26H35N3O3S/c1-20-8-3-4-10-23(20)19-28-16-13-24(14-17-28)27-26(30)22-11-7-12-25(18-22)33(31,32)29-15-6-5-9-21(29)2/h3-4,7-8,10-12,18,21,24H,5-6,9,13-17,19H2,1-2H3,(H,27,30). The Morgan fingerprint density at radius 3 is 2.48 bits per heavy atom. The molecule has 6 nitrogen and oxygen atoms in total. The highest BCUT2D eigenvalue weighted by molar-refractivity contribution is 7.89. The molecule has 0 bridgehead atoms. The normalized spacial score (nSPS) is 21.1. The van der Waals surface area contributed by atoms with Gasteiger partial charge in [0.1, 0.15) is 0 Å². The minimum Gasteiger partial charge on any atom is -0.349 e. The van der Waals surface area contributed by atoms with E-state index in [4.69, 9.17) is 0 Å². The maximum Gasteiger partial charge on any atom is 0.251 e. The van der Waals surface area contributed by atoms with E-state index in [-0.39, 0.29) is 22.9 Å². The third-order valence-electron chi connectivity index (χ3n) is 7.02. The van der Waals surface area contributed by atoms with Gasteiger partial charge in [0.15, 0.2) is 0 Å². The first kappa shape index (κ1) is 23.9. The predicted molar refractivity (Wildman–Crippen MR) is 131 cm³/mol. The Labute approximate surface area is 198 Å². The molecule has 1 amide bonds. The van der Waals surface area contributed by atoms with Crippen molar-refractivity contribution in [2.75, 3.05) is 19.6 Å². The van der Waals surface area contributed by atoms with Crippen LogP contribution in [0.3, 0.4) is 0 Å². The molecule has 7 heteroatoms. The first-order valence-corrected chi connectivity index (χ1v) is 13.5. The van der Waals surface area contributed by atoms with Gasteiger partial charge >= 0.3 is 0 Å². The van der Waals surface area contributed by atoms with Gasteiger partial charge in [0.2, 0.25) is 10.0 Å². The van der Waals surface area contributed by atoms with E-state index in [1.807, 2.05) is 6.92 Å². The Morgan fingerprint density at radius 2 is 1.76 bits per heavy atom. The quantitative estimate of drug-likeness (QED) is 0.696. The molecule has 33 heavy (non-hydrogen) atoms. The number of carbonyl (C=O) groups excluding carboxylic acids is 1. The summed E-state index contributed by atoms with van der Waals surface area (Å²) in [4.78, 5) is 15.6. The maximum atomic E-state index is 13.2. The lowest BCUT2D eigenvalue weighted by Crippen LogP contribution is -2.44. The second kappa shape index (κ2) is 10.4. The van der Waals surface area contributed by atoms with Crippen molar-refractivity contribution >= 4 is 15.9 Å². The van der Waals surface area contributed by atoms with Crippen molar-refractivity contribution in [3.63, 3.8) is 0 Å². The summed E-state index contributed by atoms with van der Waals surface area (Å²) in [7, 11) is -3.59. The maximum absolute atomic E-state index is 13.2. The van der Waals surface area contributed by atoms with Gasteiger partial charge in [-0.25, -0.2) is 8.42 Å². The van der Waals surface area contributed by atoms with Gasteiger partial charge in [-0.2, -0.15) is 4.31 Å². The molecule has 2 fully saturated rings. The van der Waals surface area contributed by atoms with Gasteiger partial charge in [-0.15, -0.1) is 0 Å². The number of sulfonamides is 1. The lowest BCUT2D eigenvalue weighted by atomic mass is 10.0. The van der Waals surface area contributed by atoms with Crippen molar-refractivity contribution in [3.8, 4) is 0 Å². The largest absolute Gasteiger partial charge is 0.349 e. The zero-order valence-corrected chi connectivity index (χ0v) is 20.5. The Morgan fingerprint density at radius 1 is 1.00 bits per heavy atom. The molecule has 0 aliphatic carbocycles. The second-order valence-electron chi connectivity index (χ2n) is 9.44. The summed E-state index contributed by atoms with van der Waals surface area (Å²) >= 11 is 0. The first-order valence-electron chi connectivity index (χ1n) is 12.0. The summed E-state index contributed by atoms with van der Waals surface area (Å²) in [5, 5.41) is 3.12. The van der Waals surface area contributed by atoms with Crippen molar-refractivity contribution < 1.29 is 13.2 Å². The van der Waals surface area contributed by atoms with Crippen molar-refractivity contribution in [2.24, 2.45) is 0 Å². The van der Waals surface area contributed by atoms with Crippen LogP contribution in [0.25, 0.3) is 0 Å². The van der Waals surface area contributed by atoms with E-state index in [2.05, 4.69) is 41.4 Å². The number of carbonyl (C=O) groups is 1. The minimum atomic E-state index is -3.59. The number of piperidine rings is 2. The number of rotatable bonds is 6. The summed E-state index contributed by atoms with van der Waals surface area (Å²) in [6, 6.07) is 15.0. The molecule has 0 radical (unpaired) electrons. The van der Waals surface area contributed by atoms with Crippen LogP contribution in [0.5, 0.6) is 0 Å². The first-order chi connectivity index (χ1) is 15.8. The molecule has 0 saturated carbocycles. The molecule has 2 aliphatic rings. The van der Waals surface area contributed by atoms with E-state index in [0.29, 0.717) is 12.1 Å². The lowest BCUT2D eigenvalue weighted by Gasteiger charge is -2.33. The highest BCUT2D eigenvalue weighted by Gasteiger charge is 2.31. The van der Waals surface area contributed by atoms with Crippen LogP contribution < -0.4 is 5.32 Å². The molecule has 2 aromatic carbocycles. The van der Waals surface area contributed by atoms with Crippen LogP contribution in [0.4, 0.5) is 0 Å². The van der Waals surface area contributed by atoms with E-state index in [1.54, 1.807) is 22.5 Å². The molecule has 2 saturated heterocycles. The van der Waals surface area contributed by atoms with E-state index in [1.165, 1.54) is 17.2 Å². The fourth-order valence-electron chi connectivity index (χ4n) is 4.89. The molecule has 1 unspecified atom stereocenters. The van der Waals surface area contributed by atoms with Crippen LogP contribution in [0.15, 0.2) is 53.4 Å². The number of hydrogen-bond acceptors (Lipinski definition) is 4. The van der Waals surface area contributed by atoms with Gasteiger partial charge in [-0.05, 0) is 68.9 Å². The fraction of sp³-hybridized carbons (Fsp3) is 0.500. The van der Waals surface area contributed by atoms with Crippen LogP contribution in [0, 0.1) is 6.92 Å². The third-order valence-corrected chi connectivity index (χ3v) is 9.03. The molecule has 2 aliphatic heterocycles. The van der Waals surface area contributed by atoms with E-state index >= 15 is 0 Å². The summed E-state index contributed by atoms with van der Waals surface area (Å²) in [6.45, 7) is 7.44. The number of nitrogens with zero attached hydrogens (tertiary/aromatic N) is 2. The van der Waals surface area contributed by atoms with E-state index < -0.39 is 10.0 Å². The Bertz CT molecular complexity index is 1080. The van der Waals surface area contributed by atoms with Crippen molar-refractivity contribution in [3.05, 3.63) is 65.2 Å². The van der Waals surface area contributed by atoms with Crippen LogP contribution in [-0.4, -0.2) is 55.2 Å². The summed E-state index contributed by atoms with van der Waals surface area (Å²) in [6.07, 6.45) is 4.59. The van der Waals surface area contributed by atoms with Gasteiger partial charge in [0, 0.05) is 43.8 Å². The smallest absolute Gasteiger partial charge is 0.251 e. The van der Waals surface area contributed by atoms with Gasteiger partial charge in [-0.1, -0.05) is 36.8 Å². The van der Waals surface area contributed by atoms with E-state index in [0.717, 1.165) is 51.7 Å². The molecule has 178 valence electrons. The molecule has 1 atom stereocenters. The van der Waals surface area contributed by atoms with E-state index in [9.17, 15) is 13.2 Å². The topological polar surface area (TPSA) is 69.7 Å². The highest BCUT2D eigenvalue weighted by Crippen LogP contribution is 2.25. The number of amides is 1. The molecule has 0 aromatic heterocycles. The highest BCUT2D eigenvalue weighted by atomic mass is 32.2. The number of likely N-dealkylation sites (tertiary alicyclic amines) is 1. The summed E-state index contributed by atoms with van der Waals surface area (Å²) < 4.78 is 27.9. The minimum absolute atomic E-state index is 0.00825. The Balaban J connectivity index is 1.35. The van der Waals surface area contributed by atoms with Gasteiger partial charge in [0.25, 0.3) is 5.91 Å². The molecular weight excluding hydrogens is 434 g/mol. The Hall–Kier alpha value is -2.22. The van der Waals surface area contributed by atoms with Gasteiger partial charge in [-0.3, -0.25) is 9.69 Å². The summed E-state index contributed by atoms with van der Waals surface area (Å²) in [5.74, 6) is -0.198. The third kappa shape index (κ3) is 5.65. The molecular formula is C26H35N3O3S. The molecule has 4 rings (SSSR count). The van der Waals surface area contributed by atoms with Crippen molar-refractivity contribution in [1.29, 1.82) is 0 Å². The van der Waals surface area contributed by atoms with Crippen molar-refractivity contribution in [2.45, 2.75) is 69.5 Å². The van der Waals surface area contributed by atoms with Crippen LogP contribution >= 0.6 is 0 Å². The Kier molecular flexibility index (Phi) is 7.51. The fourth-order valence-corrected chi connectivity index (χ4v) is 6.64. The zero-order valence-electron chi connectivity index (χ0n) is 19.7. The van der Waals surface area contributed by atoms with Crippen LogP contribution in [0.2, 0.25) is 0 Å². The monoisotopic (exact) mass is 469 g/mol. The molecule has 1 N–H and O–H groups in total. The predicted octanol–water partition coefficient (Wildman–Crippen LogP) is 3.95. The SMILES string of the molecule is Cc1ccccc1CN1CCC(NC(=O)c2cccc(S(=O)(=O)N3CCCCC3C)c2)CC1. The van der Waals surface area contributed by atoms with Crippen LogP contribution in [0.1, 0.15) is 60.5 Å². The number of benzene rings is 2. The molecule has 2 aromatic rings. The van der Waals surface area contributed by atoms with Gasteiger partial charge < -0.3 is 5.32 Å². The average molecular weight is 470 g/mol.